The van der Waals surface area contributed by atoms with Crippen molar-refractivity contribution in [3.8, 4) is 0 Å². The summed E-state index contributed by atoms with van der Waals surface area (Å²) in [4.78, 5) is 13.0. The Kier molecular flexibility index (Phi) is 2.84. The fourth-order valence-electron chi connectivity index (χ4n) is 4.15. The largest absolute Gasteiger partial charge is 0.434 e. The second-order valence-corrected chi connectivity index (χ2v) is 7.52. The molecule has 1 heterocycles. The molecular weight excluding hydrogens is 288 g/mol. The van der Waals surface area contributed by atoms with E-state index in [2.05, 4.69) is 12.2 Å². The highest BCUT2D eigenvalue weighted by Crippen LogP contribution is 2.60. The molecule has 1 saturated carbocycles. The van der Waals surface area contributed by atoms with E-state index >= 15 is 0 Å². The smallest absolute Gasteiger partial charge is 0.313 e. The first-order chi connectivity index (χ1) is 10.2. The third kappa shape index (κ3) is 1.53. The van der Waals surface area contributed by atoms with Crippen molar-refractivity contribution in [3.63, 3.8) is 0 Å². The highest BCUT2D eigenvalue weighted by molar-refractivity contribution is 7.86. The van der Waals surface area contributed by atoms with Gasteiger partial charge < -0.3 is 9.47 Å². The Morgan fingerprint density at radius 1 is 1.29 bits per heavy atom. The van der Waals surface area contributed by atoms with Crippen molar-refractivity contribution in [2.75, 3.05) is 7.11 Å². The fourth-order valence-corrected chi connectivity index (χ4v) is 6.23. The molecule has 1 aromatic carbocycles. The summed E-state index contributed by atoms with van der Waals surface area (Å²) in [7, 11) is 0.157. The summed E-state index contributed by atoms with van der Waals surface area (Å²) in [5.41, 5.74) is 0. The zero-order valence-corrected chi connectivity index (χ0v) is 12.4. The van der Waals surface area contributed by atoms with Crippen molar-refractivity contribution in [2.45, 2.75) is 22.4 Å². The summed E-state index contributed by atoms with van der Waals surface area (Å²) in [6.45, 7) is 0. The molecular formula is C16H16O4S. The molecule has 0 spiro atoms. The van der Waals surface area contributed by atoms with Crippen molar-refractivity contribution >= 4 is 16.8 Å². The van der Waals surface area contributed by atoms with Gasteiger partial charge in [-0.25, -0.2) is 0 Å². The summed E-state index contributed by atoms with van der Waals surface area (Å²) in [6, 6.07) is 9.30. The van der Waals surface area contributed by atoms with Crippen LogP contribution in [0.1, 0.15) is 6.42 Å². The minimum Gasteiger partial charge on any atom is -0.434 e. The summed E-state index contributed by atoms with van der Waals surface area (Å²) >= 11 is 0. The molecule has 2 bridgehead atoms. The minimum absolute atomic E-state index is 0.0601. The molecule has 1 aromatic rings. The van der Waals surface area contributed by atoms with Crippen molar-refractivity contribution in [3.05, 3.63) is 42.5 Å². The van der Waals surface area contributed by atoms with E-state index in [0.717, 1.165) is 11.3 Å². The Bertz CT molecular complexity index is 641. The molecule has 5 heteroatoms. The predicted molar refractivity (Wildman–Crippen MR) is 76.7 cm³/mol. The maximum Gasteiger partial charge on any atom is 0.313 e. The quantitative estimate of drug-likeness (QED) is 0.632. The lowest BCUT2D eigenvalue weighted by Gasteiger charge is -2.36. The Balaban J connectivity index is 1.87. The summed E-state index contributed by atoms with van der Waals surface area (Å²) in [6.07, 6.45) is 4.26. The molecule has 1 saturated heterocycles. The van der Waals surface area contributed by atoms with Gasteiger partial charge >= 0.3 is 5.97 Å². The fraction of sp³-hybridized carbons (Fsp3) is 0.438. The van der Waals surface area contributed by atoms with Gasteiger partial charge in [0.1, 0.15) is 4.75 Å². The number of hydrogen-bond donors (Lipinski definition) is 0. The van der Waals surface area contributed by atoms with E-state index in [1.54, 1.807) is 0 Å². The lowest BCUT2D eigenvalue weighted by Crippen LogP contribution is -2.52. The van der Waals surface area contributed by atoms with E-state index in [4.69, 9.17) is 9.47 Å². The van der Waals surface area contributed by atoms with Gasteiger partial charge in [0.2, 0.25) is 6.29 Å². The highest BCUT2D eigenvalue weighted by Gasteiger charge is 2.72. The number of esters is 1. The summed E-state index contributed by atoms with van der Waals surface area (Å²) < 4.78 is 23.4. The summed E-state index contributed by atoms with van der Waals surface area (Å²) in [5, 5.41) is 0. The number of methoxy groups -OCH3 is 1. The number of carbonyl (C=O) groups is 1. The van der Waals surface area contributed by atoms with Crippen LogP contribution < -0.4 is 0 Å². The molecule has 110 valence electrons. The van der Waals surface area contributed by atoms with Gasteiger partial charge in [-0.3, -0.25) is 9.00 Å². The van der Waals surface area contributed by atoms with E-state index in [0.29, 0.717) is 0 Å². The predicted octanol–water partition coefficient (Wildman–Crippen LogP) is 1.88. The average molecular weight is 304 g/mol. The molecule has 1 aliphatic heterocycles. The van der Waals surface area contributed by atoms with Crippen molar-refractivity contribution in [1.29, 1.82) is 0 Å². The van der Waals surface area contributed by atoms with Gasteiger partial charge in [0.15, 0.2) is 0 Å². The minimum atomic E-state index is -1.36. The first-order valence-corrected chi connectivity index (χ1v) is 8.23. The number of hydrogen-bond acceptors (Lipinski definition) is 4. The highest BCUT2D eigenvalue weighted by atomic mass is 32.2. The SMILES string of the molecule is CO[C@H]1OC(=O)[C@H]2[C@H]3C=C[C@H](C3)[C@@]12S(=O)c1ccccc1. The third-order valence-electron chi connectivity index (χ3n) is 4.95. The Morgan fingerprint density at radius 2 is 2.05 bits per heavy atom. The third-order valence-corrected chi connectivity index (χ3v) is 7.04. The molecule has 2 fully saturated rings. The molecule has 0 amide bonds. The van der Waals surface area contributed by atoms with Crippen LogP contribution in [-0.2, 0) is 25.1 Å². The molecule has 6 atom stereocenters. The number of ether oxygens (including phenoxy) is 2. The second kappa shape index (κ2) is 4.52. The van der Waals surface area contributed by atoms with Crippen molar-refractivity contribution < 1.29 is 18.5 Å². The van der Waals surface area contributed by atoms with Crippen LogP contribution in [0.5, 0.6) is 0 Å². The van der Waals surface area contributed by atoms with Crippen molar-refractivity contribution in [1.82, 2.24) is 0 Å². The molecule has 4 rings (SSSR count). The molecule has 3 aliphatic rings. The van der Waals surface area contributed by atoms with E-state index in [9.17, 15) is 9.00 Å². The van der Waals surface area contributed by atoms with E-state index < -0.39 is 21.8 Å². The standard InChI is InChI=1S/C16H16O4S/c1-19-15-16(21(18)12-5-3-2-4-6-12)11-8-7-10(9-11)13(16)14(17)20-15/h2-8,10-11,13,15H,9H2,1H3/t10-,11+,13+,15-,16-,21?/m0/s1. The van der Waals surface area contributed by atoms with Crippen LogP contribution in [-0.4, -0.2) is 28.3 Å². The molecule has 0 radical (unpaired) electrons. The number of carbonyl (C=O) groups excluding carboxylic acids is 1. The second-order valence-electron chi connectivity index (χ2n) is 5.81. The van der Waals surface area contributed by atoms with E-state index in [-0.39, 0.29) is 23.7 Å². The van der Waals surface area contributed by atoms with Crippen LogP contribution in [0.25, 0.3) is 0 Å². The first kappa shape index (κ1) is 13.2. The van der Waals surface area contributed by atoms with Gasteiger partial charge in [0.05, 0.1) is 16.7 Å². The molecule has 2 aliphatic carbocycles. The van der Waals surface area contributed by atoms with E-state index in [1.165, 1.54) is 7.11 Å². The van der Waals surface area contributed by atoms with Crippen molar-refractivity contribution in [2.24, 2.45) is 17.8 Å². The van der Waals surface area contributed by atoms with Gasteiger partial charge in [0.25, 0.3) is 0 Å². The number of benzene rings is 1. The normalized spacial score (nSPS) is 41.1. The van der Waals surface area contributed by atoms with Gasteiger partial charge in [-0.1, -0.05) is 30.4 Å². The lowest BCUT2D eigenvalue weighted by atomic mass is 9.83. The zero-order chi connectivity index (χ0) is 14.6. The molecule has 1 unspecified atom stereocenters. The average Bonchev–Trinajstić information content (AvgIpc) is 3.19. The topological polar surface area (TPSA) is 52.6 Å². The molecule has 0 N–H and O–H groups in total. The molecule has 21 heavy (non-hydrogen) atoms. The van der Waals surface area contributed by atoms with Crippen LogP contribution in [0.2, 0.25) is 0 Å². The maximum absolute atomic E-state index is 13.3. The van der Waals surface area contributed by atoms with Crippen LogP contribution in [0.15, 0.2) is 47.4 Å². The monoisotopic (exact) mass is 304 g/mol. The number of cyclic esters (lactones) is 1. The van der Waals surface area contributed by atoms with Crippen LogP contribution >= 0.6 is 0 Å². The summed E-state index contributed by atoms with van der Waals surface area (Å²) in [5.74, 6) is -0.457. The number of rotatable bonds is 3. The van der Waals surface area contributed by atoms with Crippen LogP contribution in [0.4, 0.5) is 0 Å². The Morgan fingerprint density at radius 3 is 2.76 bits per heavy atom. The van der Waals surface area contributed by atoms with Crippen LogP contribution in [0, 0.1) is 17.8 Å². The lowest BCUT2D eigenvalue weighted by molar-refractivity contribution is -0.162. The molecule has 4 nitrogen and oxygen atoms in total. The van der Waals surface area contributed by atoms with Gasteiger partial charge in [-0.15, -0.1) is 0 Å². The zero-order valence-electron chi connectivity index (χ0n) is 11.6. The van der Waals surface area contributed by atoms with Gasteiger partial charge in [-0.2, -0.15) is 0 Å². The number of fused-ring (bicyclic) bond motifs is 5. The molecule has 0 aromatic heterocycles. The Hall–Kier alpha value is -1.46. The van der Waals surface area contributed by atoms with Gasteiger partial charge in [-0.05, 0) is 24.5 Å². The number of allylic oxidation sites excluding steroid dienone is 2. The Labute approximate surface area is 125 Å². The maximum atomic E-state index is 13.3. The van der Waals surface area contributed by atoms with E-state index in [1.807, 2.05) is 30.3 Å². The van der Waals surface area contributed by atoms with Crippen LogP contribution in [0.3, 0.4) is 0 Å². The first-order valence-electron chi connectivity index (χ1n) is 7.08. The van der Waals surface area contributed by atoms with Gasteiger partial charge in [0, 0.05) is 17.9 Å².